The lowest BCUT2D eigenvalue weighted by molar-refractivity contribution is -0.135. The molecule has 0 radical (unpaired) electrons. The summed E-state index contributed by atoms with van der Waals surface area (Å²) in [4.78, 5) is 28.4. The fourth-order valence-electron chi connectivity index (χ4n) is 0.819. The van der Waals surface area contributed by atoms with Crippen LogP contribution in [0.2, 0.25) is 0 Å². The molecule has 1 aromatic rings. The second-order valence-electron chi connectivity index (χ2n) is 2.75. The highest BCUT2D eigenvalue weighted by Gasteiger charge is 2.08. The van der Waals surface area contributed by atoms with Crippen molar-refractivity contribution in [2.45, 2.75) is 6.92 Å². The van der Waals surface area contributed by atoms with Crippen LogP contribution in [0.5, 0.6) is 5.88 Å². The van der Waals surface area contributed by atoms with Crippen molar-refractivity contribution in [3.05, 3.63) is 4.88 Å². The Morgan fingerprint density at radius 1 is 1.62 bits per heavy atom. The van der Waals surface area contributed by atoms with Gasteiger partial charge in [-0.05, 0) is 0 Å². The number of aromatic hydroxyl groups is 1. The van der Waals surface area contributed by atoms with Gasteiger partial charge in [-0.3, -0.25) is 14.6 Å². The predicted octanol–water partition coefficient (Wildman–Crippen LogP) is 0.311. The number of carbonyl (C=O) groups excluding carboxylic acids is 1. The van der Waals surface area contributed by atoms with Gasteiger partial charge in [0.15, 0.2) is 5.13 Å². The van der Waals surface area contributed by atoms with Crippen LogP contribution in [0.3, 0.4) is 0 Å². The average Bonchev–Trinajstić information content (AvgIpc) is 2.45. The second-order valence-corrected chi connectivity index (χ2v) is 3.78. The van der Waals surface area contributed by atoms with Gasteiger partial charge in [0.25, 0.3) is 0 Å². The van der Waals surface area contributed by atoms with Gasteiger partial charge in [0.1, 0.15) is 11.4 Å². The molecule has 0 atom stereocenters. The van der Waals surface area contributed by atoms with Gasteiger partial charge in [-0.25, -0.2) is 0 Å². The molecule has 16 heavy (non-hydrogen) atoms. The summed E-state index contributed by atoms with van der Waals surface area (Å²) in [5.74, 6) is -1.66. The zero-order chi connectivity index (χ0) is 12.1. The predicted molar refractivity (Wildman–Crippen MR) is 58.2 cm³/mol. The van der Waals surface area contributed by atoms with Crippen LogP contribution in [-0.2, 0) is 9.59 Å². The first-order chi connectivity index (χ1) is 7.49. The molecule has 86 valence electrons. The molecule has 0 spiro atoms. The third-order valence-electron chi connectivity index (χ3n) is 1.35. The third kappa shape index (κ3) is 3.65. The van der Waals surface area contributed by atoms with Crippen LogP contribution in [0.4, 0.5) is 5.13 Å². The van der Waals surface area contributed by atoms with Crippen LogP contribution in [-0.4, -0.2) is 39.8 Å². The maximum atomic E-state index is 10.7. The van der Waals surface area contributed by atoms with Crippen LogP contribution in [0.15, 0.2) is 4.99 Å². The van der Waals surface area contributed by atoms with Crippen molar-refractivity contribution in [3.8, 4) is 5.88 Å². The molecular formula is C8H9N3O4S. The fourth-order valence-corrected chi connectivity index (χ4v) is 1.62. The van der Waals surface area contributed by atoms with E-state index in [4.69, 9.17) is 5.11 Å². The van der Waals surface area contributed by atoms with E-state index < -0.39 is 5.97 Å². The Hall–Kier alpha value is -1.96. The summed E-state index contributed by atoms with van der Waals surface area (Å²) in [5, 5.41) is 20.3. The summed E-state index contributed by atoms with van der Waals surface area (Å²) in [7, 11) is 0. The summed E-state index contributed by atoms with van der Waals surface area (Å²) in [6.45, 7) is 0.934. The van der Waals surface area contributed by atoms with Crippen LogP contribution in [0.25, 0.3) is 0 Å². The molecule has 0 bridgehead atoms. The first kappa shape index (κ1) is 12.1. The summed E-state index contributed by atoms with van der Waals surface area (Å²) >= 11 is 1.00. The lowest BCUT2D eigenvalue weighted by atomic mass is 10.5. The van der Waals surface area contributed by atoms with Gasteiger partial charge in [0, 0.05) is 13.1 Å². The Morgan fingerprint density at radius 3 is 2.88 bits per heavy atom. The van der Waals surface area contributed by atoms with E-state index in [9.17, 15) is 14.7 Å². The smallest absolute Gasteiger partial charge is 0.325 e. The molecule has 0 unspecified atom stereocenters. The number of carboxylic acid groups (broad SMARTS) is 1. The number of nitrogens with one attached hydrogen (secondary N) is 1. The molecular weight excluding hydrogens is 234 g/mol. The van der Waals surface area contributed by atoms with Gasteiger partial charge in [-0.2, -0.15) is 4.98 Å². The zero-order valence-corrected chi connectivity index (χ0v) is 9.11. The Balaban J connectivity index is 2.73. The van der Waals surface area contributed by atoms with Crippen molar-refractivity contribution >= 4 is 34.6 Å². The molecule has 1 aromatic heterocycles. The lowest BCUT2D eigenvalue weighted by Gasteiger charge is -1.91. The van der Waals surface area contributed by atoms with Crippen LogP contribution >= 0.6 is 11.3 Å². The Morgan fingerprint density at radius 2 is 2.31 bits per heavy atom. The van der Waals surface area contributed by atoms with Gasteiger partial charge in [-0.15, -0.1) is 0 Å². The van der Waals surface area contributed by atoms with Crippen LogP contribution < -0.4 is 5.32 Å². The minimum atomic E-state index is -1.07. The van der Waals surface area contributed by atoms with Gasteiger partial charge >= 0.3 is 5.97 Å². The number of aromatic nitrogens is 1. The van der Waals surface area contributed by atoms with E-state index in [1.54, 1.807) is 0 Å². The molecule has 1 heterocycles. The maximum absolute atomic E-state index is 10.7. The topological polar surface area (TPSA) is 112 Å². The number of hydrogen-bond acceptors (Lipinski definition) is 6. The van der Waals surface area contributed by atoms with E-state index in [-0.39, 0.29) is 23.5 Å². The zero-order valence-electron chi connectivity index (χ0n) is 8.30. The quantitative estimate of drug-likeness (QED) is 0.659. The highest BCUT2D eigenvalue weighted by molar-refractivity contribution is 7.17. The number of anilines is 1. The molecule has 0 aromatic carbocycles. The molecule has 0 aliphatic rings. The summed E-state index contributed by atoms with van der Waals surface area (Å²) in [6, 6.07) is 0. The largest absolute Gasteiger partial charge is 0.492 e. The Labute approximate surface area is 94.5 Å². The minimum Gasteiger partial charge on any atom is -0.492 e. The standard InChI is InChI=1S/C8H9N3O4S/c1-4(12)10-8-11-7(15)5(16-8)2-9-3-6(13)14/h2,15H,3H2,1H3,(H,13,14)(H,10,11,12). The number of amides is 1. The molecule has 0 fully saturated rings. The molecule has 7 nitrogen and oxygen atoms in total. The molecule has 1 rings (SSSR count). The molecule has 0 saturated heterocycles. The van der Waals surface area contributed by atoms with Crippen molar-refractivity contribution < 1.29 is 19.8 Å². The number of rotatable bonds is 4. The monoisotopic (exact) mass is 243 g/mol. The van der Waals surface area contributed by atoms with Crippen LogP contribution in [0, 0.1) is 0 Å². The number of carbonyl (C=O) groups is 2. The minimum absolute atomic E-state index is 0.238. The fraction of sp³-hybridized carbons (Fsp3) is 0.250. The van der Waals surface area contributed by atoms with Crippen molar-refractivity contribution in [3.63, 3.8) is 0 Å². The van der Waals surface area contributed by atoms with Gasteiger partial charge < -0.3 is 15.5 Å². The highest BCUT2D eigenvalue weighted by atomic mass is 32.1. The second kappa shape index (κ2) is 5.21. The summed E-state index contributed by atoms with van der Waals surface area (Å²) in [6.07, 6.45) is 1.20. The maximum Gasteiger partial charge on any atom is 0.325 e. The normalized spacial score (nSPS) is 10.6. The SMILES string of the molecule is CC(=O)Nc1nc(O)c(C=NCC(=O)O)s1. The molecule has 0 aliphatic carbocycles. The van der Waals surface area contributed by atoms with Crippen molar-refractivity contribution in [2.75, 3.05) is 11.9 Å². The van der Waals surface area contributed by atoms with E-state index in [0.717, 1.165) is 11.3 Å². The van der Waals surface area contributed by atoms with E-state index in [1.807, 2.05) is 0 Å². The molecule has 0 saturated carbocycles. The lowest BCUT2D eigenvalue weighted by Crippen LogP contribution is -2.04. The number of aliphatic imine (C=N–C) groups is 1. The van der Waals surface area contributed by atoms with Gasteiger partial charge in [0.2, 0.25) is 11.8 Å². The molecule has 0 aliphatic heterocycles. The van der Waals surface area contributed by atoms with E-state index >= 15 is 0 Å². The van der Waals surface area contributed by atoms with Crippen molar-refractivity contribution in [1.29, 1.82) is 0 Å². The Kier molecular flexibility index (Phi) is 3.95. The molecule has 1 amide bonds. The van der Waals surface area contributed by atoms with E-state index in [1.165, 1.54) is 13.1 Å². The highest BCUT2D eigenvalue weighted by Crippen LogP contribution is 2.26. The number of hydrogen-bond donors (Lipinski definition) is 3. The first-order valence-corrected chi connectivity index (χ1v) is 4.99. The summed E-state index contributed by atoms with van der Waals surface area (Å²) in [5.41, 5.74) is 0. The van der Waals surface area contributed by atoms with Crippen molar-refractivity contribution in [2.24, 2.45) is 4.99 Å². The van der Waals surface area contributed by atoms with Crippen molar-refractivity contribution in [1.82, 2.24) is 4.98 Å². The molecule has 8 heteroatoms. The number of aliphatic carboxylic acids is 1. The van der Waals surface area contributed by atoms with Crippen LogP contribution in [0.1, 0.15) is 11.8 Å². The number of carboxylic acids is 1. The first-order valence-electron chi connectivity index (χ1n) is 4.18. The van der Waals surface area contributed by atoms with E-state index in [2.05, 4.69) is 15.3 Å². The third-order valence-corrected chi connectivity index (χ3v) is 2.25. The average molecular weight is 243 g/mol. The van der Waals surface area contributed by atoms with Gasteiger partial charge in [-0.1, -0.05) is 11.3 Å². The number of nitrogens with zero attached hydrogens (tertiary/aromatic N) is 2. The number of thiazole rings is 1. The Bertz CT molecular complexity index is 440. The van der Waals surface area contributed by atoms with E-state index in [0.29, 0.717) is 4.88 Å². The van der Waals surface area contributed by atoms with Gasteiger partial charge in [0.05, 0.1) is 0 Å². The summed E-state index contributed by atoms with van der Waals surface area (Å²) < 4.78 is 0. The molecule has 3 N–H and O–H groups in total.